The van der Waals surface area contributed by atoms with Gasteiger partial charge in [-0.25, -0.2) is 9.97 Å². The number of carbonyl (C=O) groups excluding carboxylic acids is 5. The van der Waals surface area contributed by atoms with Crippen LogP contribution in [0.15, 0.2) is 40.1 Å². The molecule has 4 N–H and O–H groups in total. The Morgan fingerprint density at radius 1 is 1.00 bits per heavy atom. The van der Waals surface area contributed by atoms with Crippen molar-refractivity contribution in [3.63, 3.8) is 0 Å². The van der Waals surface area contributed by atoms with Crippen molar-refractivity contribution in [1.29, 1.82) is 0 Å². The Hall–Kier alpha value is -4.59. The maximum Gasteiger partial charge on any atom is 0.274 e. The summed E-state index contributed by atoms with van der Waals surface area (Å²) in [5.74, 6) is -1.11. The summed E-state index contributed by atoms with van der Waals surface area (Å²) in [6.07, 6.45) is 1.50. The molecule has 2 aliphatic heterocycles. The van der Waals surface area contributed by atoms with E-state index in [1.807, 2.05) is 44.2 Å². The first-order valence-corrected chi connectivity index (χ1v) is 16.4. The number of aryl methyl sites for hydroxylation is 1. The van der Waals surface area contributed by atoms with Gasteiger partial charge < -0.3 is 30.6 Å². The van der Waals surface area contributed by atoms with E-state index >= 15 is 0 Å². The molecule has 3 atom stereocenters. The number of aromatic nitrogens is 2. The highest BCUT2D eigenvalue weighted by atomic mass is 32.1. The van der Waals surface area contributed by atoms with Crippen LogP contribution in [-0.4, -0.2) is 70.1 Å². The Morgan fingerprint density at radius 2 is 1.76 bits per heavy atom. The van der Waals surface area contributed by atoms with E-state index in [1.54, 1.807) is 17.2 Å². The van der Waals surface area contributed by atoms with E-state index in [0.717, 1.165) is 5.56 Å². The summed E-state index contributed by atoms with van der Waals surface area (Å²) in [5, 5.41) is 13.7. The van der Waals surface area contributed by atoms with Gasteiger partial charge in [-0.05, 0) is 31.2 Å². The molecule has 4 heterocycles. The maximum absolute atomic E-state index is 13.5. The molecule has 1 aromatic carbocycles. The Labute approximate surface area is 270 Å². The SMILES string of the molecule is Cc1oc2nc1C(=O)N[C@@H](C(C)C)c1nc(cs1)C(=O)NCCN(C(=O)[C@@H]1CCC(=O)N1)CCCC(=O)N[C@H]2Cc1ccccc1. The first-order valence-electron chi connectivity index (χ1n) is 15.5. The monoisotopic (exact) mass is 649 g/mol. The van der Waals surface area contributed by atoms with E-state index in [0.29, 0.717) is 30.0 Å². The molecular formula is C32H39N7O6S. The quantitative estimate of drug-likeness (QED) is 0.334. The molecule has 2 aliphatic rings. The molecule has 13 nitrogen and oxygen atoms in total. The first kappa shape index (κ1) is 32.8. The average molecular weight is 650 g/mol. The third-order valence-electron chi connectivity index (χ3n) is 8.02. The fraction of sp³-hybridized carbons (Fsp3) is 0.469. The molecule has 5 amide bonds. The van der Waals surface area contributed by atoms with Gasteiger partial charge in [0.2, 0.25) is 23.6 Å². The zero-order valence-corrected chi connectivity index (χ0v) is 26.9. The smallest absolute Gasteiger partial charge is 0.274 e. The molecule has 14 heteroatoms. The number of nitrogens with one attached hydrogen (secondary N) is 4. The topological polar surface area (TPSA) is 176 Å². The number of oxazole rings is 1. The number of amides is 5. The molecule has 0 unspecified atom stereocenters. The Kier molecular flexibility index (Phi) is 10.5. The minimum atomic E-state index is -0.648. The van der Waals surface area contributed by atoms with Gasteiger partial charge in [0, 0.05) is 44.3 Å². The van der Waals surface area contributed by atoms with Gasteiger partial charge in [-0.15, -0.1) is 11.3 Å². The second-order valence-electron chi connectivity index (χ2n) is 11.9. The normalized spacial score (nSPS) is 21.7. The van der Waals surface area contributed by atoms with Crippen molar-refractivity contribution in [3.05, 3.63) is 69.3 Å². The fourth-order valence-electron chi connectivity index (χ4n) is 5.53. The van der Waals surface area contributed by atoms with Crippen molar-refractivity contribution in [2.75, 3.05) is 19.6 Å². The number of benzene rings is 1. The summed E-state index contributed by atoms with van der Waals surface area (Å²) in [7, 11) is 0. The van der Waals surface area contributed by atoms with Crippen LogP contribution in [0.5, 0.6) is 0 Å². The fourth-order valence-corrected chi connectivity index (χ4v) is 6.55. The molecule has 244 valence electrons. The van der Waals surface area contributed by atoms with Gasteiger partial charge in [-0.3, -0.25) is 24.0 Å². The van der Waals surface area contributed by atoms with Crippen LogP contribution in [0, 0.1) is 12.8 Å². The highest BCUT2D eigenvalue weighted by Crippen LogP contribution is 2.27. The van der Waals surface area contributed by atoms with Crippen LogP contribution in [0.4, 0.5) is 0 Å². The molecular weight excluding hydrogens is 610 g/mol. The van der Waals surface area contributed by atoms with Crippen molar-refractivity contribution in [1.82, 2.24) is 36.1 Å². The third-order valence-corrected chi connectivity index (χ3v) is 8.95. The second kappa shape index (κ2) is 14.7. The first-order chi connectivity index (χ1) is 22.1. The van der Waals surface area contributed by atoms with Gasteiger partial charge in [-0.2, -0.15) is 0 Å². The summed E-state index contributed by atoms with van der Waals surface area (Å²) < 4.78 is 5.98. The Bertz CT molecular complexity index is 1590. The highest BCUT2D eigenvalue weighted by molar-refractivity contribution is 7.09. The largest absolute Gasteiger partial charge is 0.443 e. The van der Waals surface area contributed by atoms with Gasteiger partial charge in [0.25, 0.3) is 11.8 Å². The predicted molar refractivity (Wildman–Crippen MR) is 169 cm³/mol. The van der Waals surface area contributed by atoms with Crippen molar-refractivity contribution < 1.29 is 28.4 Å². The van der Waals surface area contributed by atoms with Crippen LogP contribution in [0.3, 0.4) is 0 Å². The molecule has 0 aliphatic carbocycles. The summed E-state index contributed by atoms with van der Waals surface area (Å²) in [5.41, 5.74) is 1.25. The van der Waals surface area contributed by atoms with Crippen molar-refractivity contribution in [2.24, 2.45) is 5.92 Å². The van der Waals surface area contributed by atoms with Gasteiger partial charge in [-0.1, -0.05) is 44.2 Å². The third kappa shape index (κ3) is 7.97. The lowest BCUT2D eigenvalue weighted by atomic mass is 10.0. The van der Waals surface area contributed by atoms with Crippen LogP contribution in [0.1, 0.15) is 94.8 Å². The average Bonchev–Trinajstić information content (AvgIpc) is 3.78. The lowest BCUT2D eigenvalue weighted by Gasteiger charge is -2.26. The molecule has 0 saturated carbocycles. The number of nitrogens with zero attached hydrogens (tertiary/aromatic N) is 3. The molecule has 5 rings (SSSR count). The molecule has 3 aromatic rings. The van der Waals surface area contributed by atoms with Gasteiger partial charge in [0.1, 0.15) is 28.5 Å². The van der Waals surface area contributed by atoms with Crippen molar-refractivity contribution in [2.45, 2.75) is 71.0 Å². The summed E-state index contributed by atoms with van der Waals surface area (Å²) in [6, 6.07) is 7.80. The Morgan fingerprint density at radius 3 is 2.48 bits per heavy atom. The van der Waals surface area contributed by atoms with E-state index in [1.165, 1.54) is 11.3 Å². The van der Waals surface area contributed by atoms with Gasteiger partial charge in [0.05, 0.1) is 6.04 Å². The lowest BCUT2D eigenvalue weighted by Crippen LogP contribution is -2.47. The van der Waals surface area contributed by atoms with Crippen LogP contribution in [0.25, 0.3) is 0 Å². The summed E-state index contributed by atoms with van der Waals surface area (Å²) >= 11 is 1.27. The number of carbonyl (C=O) groups is 5. The molecule has 46 heavy (non-hydrogen) atoms. The minimum Gasteiger partial charge on any atom is -0.443 e. The number of hydrogen-bond acceptors (Lipinski definition) is 9. The van der Waals surface area contributed by atoms with Crippen LogP contribution in [-0.2, 0) is 20.8 Å². The number of rotatable bonds is 4. The van der Waals surface area contributed by atoms with E-state index in [-0.39, 0.29) is 73.4 Å². The van der Waals surface area contributed by atoms with Crippen molar-refractivity contribution >= 4 is 40.9 Å². The van der Waals surface area contributed by atoms with E-state index in [2.05, 4.69) is 31.2 Å². The maximum atomic E-state index is 13.5. The van der Waals surface area contributed by atoms with Crippen LogP contribution < -0.4 is 21.3 Å². The van der Waals surface area contributed by atoms with Gasteiger partial charge in [0.15, 0.2) is 5.69 Å². The molecule has 1 fully saturated rings. The zero-order chi connectivity index (χ0) is 32.8. The Balaban J connectivity index is 1.43. The van der Waals surface area contributed by atoms with E-state index in [9.17, 15) is 24.0 Å². The standard InChI is InChI=1S/C32H39N7O6S/c1-18(2)26-31-36-23(17-46-31)28(42)33-13-15-39(32(44)21-11-12-25(41)34-21)14-7-10-24(40)35-22(16-20-8-5-4-6-9-20)30-38-27(19(3)45-30)29(43)37-26/h4-6,8-9,17-18,21-22,26H,7,10-16H2,1-3H3,(H,33,42)(H,34,41)(H,35,40)(H,37,43)/t21-,22-,26-/m0/s1. The second-order valence-corrected chi connectivity index (χ2v) is 12.8. The highest BCUT2D eigenvalue weighted by Gasteiger charge is 2.32. The number of fused-ring (bicyclic) bond motifs is 4. The van der Waals surface area contributed by atoms with Gasteiger partial charge >= 0.3 is 0 Å². The van der Waals surface area contributed by atoms with Crippen molar-refractivity contribution in [3.8, 4) is 0 Å². The predicted octanol–water partition coefficient (Wildman–Crippen LogP) is 2.60. The van der Waals surface area contributed by atoms with Crippen LogP contribution in [0.2, 0.25) is 0 Å². The lowest BCUT2D eigenvalue weighted by molar-refractivity contribution is -0.134. The number of thiazole rings is 1. The zero-order valence-electron chi connectivity index (χ0n) is 26.1. The van der Waals surface area contributed by atoms with E-state index in [4.69, 9.17) is 4.42 Å². The minimum absolute atomic E-state index is 0.0590. The molecule has 2 aromatic heterocycles. The molecule has 4 bridgehead atoms. The molecule has 0 spiro atoms. The molecule has 0 radical (unpaired) electrons. The summed E-state index contributed by atoms with van der Waals surface area (Å²) in [4.78, 5) is 75.5. The van der Waals surface area contributed by atoms with Crippen LogP contribution >= 0.6 is 11.3 Å². The van der Waals surface area contributed by atoms with E-state index < -0.39 is 29.9 Å². The number of hydrogen-bond donors (Lipinski definition) is 4. The molecule has 1 saturated heterocycles. The summed E-state index contributed by atoms with van der Waals surface area (Å²) in [6.45, 7) is 6.12.